The van der Waals surface area contributed by atoms with E-state index in [0.29, 0.717) is 11.3 Å². The Bertz CT molecular complexity index is 718. The quantitative estimate of drug-likeness (QED) is 0.780. The van der Waals surface area contributed by atoms with Crippen molar-refractivity contribution in [2.45, 2.75) is 19.1 Å². The largest absolute Gasteiger partial charge is 0.368 e. The predicted molar refractivity (Wildman–Crippen MR) is 81.0 cm³/mol. The van der Waals surface area contributed by atoms with E-state index in [-0.39, 0.29) is 13.2 Å². The van der Waals surface area contributed by atoms with Crippen LogP contribution in [-0.2, 0) is 18.4 Å². The number of carbonyl (C=O) groups is 2. The van der Waals surface area contributed by atoms with Gasteiger partial charge in [0.25, 0.3) is 5.91 Å². The van der Waals surface area contributed by atoms with Crippen LogP contribution in [0, 0.1) is 0 Å². The Labute approximate surface area is 128 Å². The van der Waals surface area contributed by atoms with E-state index in [9.17, 15) is 14.2 Å². The lowest BCUT2D eigenvalue weighted by Crippen LogP contribution is -2.48. The molecule has 0 fully saturated rings. The molecule has 0 spiro atoms. The van der Waals surface area contributed by atoms with Gasteiger partial charge >= 0.3 is 7.60 Å². The molecule has 0 saturated carbocycles. The molecule has 0 saturated heterocycles. The summed E-state index contributed by atoms with van der Waals surface area (Å²) in [5.41, 5.74) is 0.780. The van der Waals surface area contributed by atoms with Gasteiger partial charge in [-0.05, 0) is 32.1 Å². The molecular formula is C15H16NO5P. The van der Waals surface area contributed by atoms with Gasteiger partial charge in [0, 0.05) is 11.6 Å². The third-order valence-corrected chi connectivity index (χ3v) is 6.34. The fourth-order valence-corrected chi connectivity index (χ4v) is 5.18. The molecule has 0 radical (unpaired) electrons. The van der Waals surface area contributed by atoms with Crippen molar-refractivity contribution in [2.24, 2.45) is 0 Å². The normalized spacial score (nSPS) is 23.1. The van der Waals surface area contributed by atoms with Gasteiger partial charge in [-0.25, -0.2) is 0 Å². The van der Waals surface area contributed by atoms with Gasteiger partial charge in [-0.15, -0.1) is 0 Å². The van der Waals surface area contributed by atoms with E-state index >= 15 is 0 Å². The average Bonchev–Trinajstić information content (AvgIpc) is 2.97. The number of carbonyl (C=O) groups excluding carboxylic acids is 2. The maximum atomic E-state index is 13.3. The van der Waals surface area contributed by atoms with Gasteiger partial charge in [-0.1, -0.05) is 12.1 Å². The van der Waals surface area contributed by atoms with Crippen LogP contribution in [0.2, 0.25) is 0 Å². The number of Topliss-reactive ketones (excluding diaryl/α,β-unsaturated/α-hetero) is 1. The second-order valence-corrected chi connectivity index (χ2v) is 7.11. The fraction of sp³-hybridized carbons (Fsp3) is 0.333. The Hall–Kier alpha value is -1.75. The van der Waals surface area contributed by atoms with Crippen LogP contribution in [0.15, 0.2) is 36.4 Å². The van der Waals surface area contributed by atoms with Crippen LogP contribution in [0.4, 0.5) is 5.69 Å². The highest BCUT2D eigenvalue weighted by molar-refractivity contribution is 7.57. The number of rotatable bonds is 5. The molecule has 1 atom stereocenters. The SMILES string of the molecule is CCOP(=O)(OCC)C12C=CC(=O)N1c1ccccc1C2=O. The van der Waals surface area contributed by atoms with Gasteiger partial charge < -0.3 is 9.05 Å². The molecule has 2 aliphatic rings. The van der Waals surface area contributed by atoms with E-state index in [0.717, 1.165) is 0 Å². The minimum Gasteiger partial charge on any atom is -0.307 e. The fourth-order valence-electron chi connectivity index (χ4n) is 2.96. The number of ketones is 1. The molecule has 3 rings (SSSR count). The molecule has 0 aromatic heterocycles. The van der Waals surface area contributed by atoms with E-state index in [1.807, 2.05) is 0 Å². The van der Waals surface area contributed by atoms with Crippen molar-refractivity contribution in [1.82, 2.24) is 0 Å². The summed E-state index contributed by atoms with van der Waals surface area (Å²) in [5, 5.41) is -1.72. The Balaban J connectivity index is 2.24. The minimum absolute atomic E-state index is 0.110. The van der Waals surface area contributed by atoms with Crippen molar-refractivity contribution in [3.05, 3.63) is 42.0 Å². The Morgan fingerprint density at radius 2 is 1.77 bits per heavy atom. The van der Waals surface area contributed by atoms with E-state index < -0.39 is 24.6 Å². The third kappa shape index (κ3) is 1.72. The maximum Gasteiger partial charge on any atom is 0.368 e. The maximum absolute atomic E-state index is 13.3. The van der Waals surface area contributed by atoms with Crippen molar-refractivity contribution in [3.8, 4) is 0 Å². The zero-order valence-corrected chi connectivity index (χ0v) is 13.2. The number of nitrogens with zero attached hydrogens (tertiary/aromatic N) is 1. The van der Waals surface area contributed by atoms with E-state index in [4.69, 9.17) is 9.05 Å². The first-order chi connectivity index (χ1) is 10.5. The first kappa shape index (κ1) is 15.2. The van der Waals surface area contributed by atoms with E-state index in [1.54, 1.807) is 38.1 Å². The minimum atomic E-state index is -3.90. The molecule has 116 valence electrons. The van der Waals surface area contributed by atoms with Crippen LogP contribution < -0.4 is 4.90 Å². The van der Waals surface area contributed by atoms with Crippen LogP contribution in [0.25, 0.3) is 0 Å². The molecule has 6 nitrogen and oxygen atoms in total. The van der Waals surface area contributed by atoms with E-state index in [1.165, 1.54) is 17.1 Å². The number of anilines is 1. The van der Waals surface area contributed by atoms with Gasteiger partial charge in [-0.3, -0.25) is 19.1 Å². The predicted octanol–water partition coefficient (Wildman–Crippen LogP) is 2.75. The van der Waals surface area contributed by atoms with Crippen molar-refractivity contribution >= 4 is 25.0 Å². The molecule has 0 bridgehead atoms. The molecular weight excluding hydrogens is 305 g/mol. The summed E-state index contributed by atoms with van der Waals surface area (Å²) in [7, 11) is -3.90. The van der Waals surface area contributed by atoms with Gasteiger partial charge in [0.15, 0.2) is 0 Å². The smallest absolute Gasteiger partial charge is 0.307 e. The third-order valence-electron chi connectivity index (χ3n) is 3.76. The highest BCUT2D eigenvalue weighted by Gasteiger charge is 2.67. The standard InChI is InChI=1S/C15H16NO5P/c1-3-20-22(19,21-4-2)15-10-9-13(17)16(15)12-8-6-5-7-11(12)14(15)18/h5-10H,3-4H2,1-2H3. The topological polar surface area (TPSA) is 72.9 Å². The van der Waals surface area contributed by atoms with Crippen LogP contribution in [0.3, 0.4) is 0 Å². The summed E-state index contributed by atoms with van der Waals surface area (Å²) in [5.74, 6) is -0.839. The molecule has 0 N–H and O–H groups in total. The zero-order chi connectivity index (χ0) is 16.0. The molecule has 2 heterocycles. The molecule has 1 unspecified atom stereocenters. The molecule has 1 aromatic carbocycles. The van der Waals surface area contributed by atoms with E-state index in [2.05, 4.69) is 0 Å². The second kappa shape index (κ2) is 5.16. The molecule has 1 amide bonds. The summed E-state index contributed by atoms with van der Waals surface area (Å²) >= 11 is 0. The molecule has 1 aromatic rings. The lowest BCUT2D eigenvalue weighted by atomic mass is 10.1. The number of hydrogen-bond donors (Lipinski definition) is 0. The Kier molecular flexibility index (Phi) is 3.56. The van der Waals surface area contributed by atoms with Gasteiger partial charge in [-0.2, -0.15) is 0 Å². The molecule has 22 heavy (non-hydrogen) atoms. The number of para-hydroxylation sites is 1. The first-order valence-electron chi connectivity index (χ1n) is 7.08. The summed E-state index contributed by atoms with van der Waals surface area (Å²) in [6.45, 7) is 3.55. The highest BCUT2D eigenvalue weighted by Crippen LogP contribution is 2.67. The van der Waals surface area contributed by atoms with Gasteiger partial charge in [0.1, 0.15) is 0 Å². The van der Waals surface area contributed by atoms with Gasteiger partial charge in [0.2, 0.25) is 11.1 Å². The second-order valence-electron chi connectivity index (χ2n) is 4.91. The van der Waals surface area contributed by atoms with Crippen molar-refractivity contribution in [2.75, 3.05) is 18.1 Å². The highest BCUT2D eigenvalue weighted by atomic mass is 31.2. The molecule has 2 aliphatic heterocycles. The van der Waals surface area contributed by atoms with Crippen molar-refractivity contribution in [1.29, 1.82) is 0 Å². The van der Waals surface area contributed by atoms with Crippen molar-refractivity contribution in [3.63, 3.8) is 0 Å². The van der Waals surface area contributed by atoms with Crippen LogP contribution >= 0.6 is 7.60 Å². The Morgan fingerprint density at radius 3 is 2.41 bits per heavy atom. The number of amides is 1. The number of fused-ring (bicyclic) bond motifs is 3. The lowest BCUT2D eigenvalue weighted by molar-refractivity contribution is -0.114. The van der Waals surface area contributed by atoms with Crippen LogP contribution in [-0.4, -0.2) is 30.2 Å². The number of hydrogen-bond acceptors (Lipinski definition) is 5. The first-order valence-corrected chi connectivity index (χ1v) is 8.62. The van der Waals surface area contributed by atoms with Crippen LogP contribution in [0.5, 0.6) is 0 Å². The summed E-state index contributed by atoms with van der Waals surface area (Å²) < 4.78 is 24.1. The van der Waals surface area contributed by atoms with Crippen molar-refractivity contribution < 1.29 is 23.2 Å². The summed E-state index contributed by atoms with van der Waals surface area (Å²) in [6.07, 6.45) is 2.60. The van der Waals surface area contributed by atoms with Gasteiger partial charge in [0.05, 0.1) is 18.9 Å². The summed E-state index contributed by atoms with van der Waals surface area (Å²) in [6, 6.07) is 6.69. The zero-order valence-electron chi connectivity index (χ0n) is 12.3. The molecule has 7 heteroatoms. The summed E-state index contributed by atoms with van der Waals surface area (Å²) in [4.78, 5) is 26.5. The van der Waals surface area contributed by atoms with Crippen LogP contribution in [0.1, 0.15) is 24.2 Å². The Morgan fingerprint density at radius 1 is 1.14 bits per heavy atom. The lowest BCUT2D eigenvalue weighted by Gasteiger charge is -2.35. The monoisotopic (exact) mass is 321 g/mol. The average molecular weight is 321 g/mol. The number of benzene rings is 1. The molecule has 0 aliphatic carbocycles.